The molecule has 0 fully saturated rings. The Morgan fingerprint density at radius 2 is 0.346 bits per heavy atom. The summed E-state index contributed by atoms with van der Waals surface area (Å²) in [6, 6.07) is 2.40. The summed E-state index contributed by atoms with van der Waals surface area (Å²) in [7, 11) is 0. The molecule has 3 aliphatic heterocycles. The molecule has 6 N–H and O–H groups in total. The van der Waals surface area contributed by atoms with Crippen LogP contribution in [0.4, 0.5) is 132 Å². The number of fused-ring (bicyclic) bond motifs is 10. The first kappa shape index (κ1) is 70.2. The molecule has 104 heavy (non-hydrogen) atoms. The van der Waals surface area contributed by atoms with Crippen molar-refractivity contribution in [3.8, 4) is 0 Å². The number of carbonyl (C=O) groups excluding carboxylic acids is 2. The van der Waals surface area contributed by atoms with Gasteiger partial charge >= 0.3 is 0 Å². The molecule has 3 aliphatic rings. The minimum atomic E-state index is -3.01. The van der Waals surface area contributed by atoms with Gasteiger partial charge in [0.15, 0.2) is 140 Å². The maximum absolute atomic E-state index is 16.5. The second kappa shape index (κ2) is 24.8. The molecule has 0 aliphatic carbocycles. The lowest BCUT2D eigenvalue weighted by Crippen LogP contribution is -2.25. The van der Waals surface area contributed by atoms with Gasteiger partial charge in [0, 0.05) is 77.6 Å². The van der Waals surface area contributed by atoms with Crippen molar-refractivity contribution < 1.29 is 141 Å². The molecule has 2 amide bonds. The van der Waals surface area contributed by atoms with Crippen LogP contribution in [0.3, 0.4) is 0 Å². The van der Waals surface area contributed by atoms with Crippen molar-refractivity contribution in [2.75, 3.05) is 0 Å². The summed E-state index contributed by atoms with van der Waals surface area (Å²) >= 11 is 0. The van der Waals surface area contributed by atoms with Crippen LogP contribution in [-0.2, 0) is 9.59 Å². The molecule has 532 valence electrons. The van der Waals surface area contributed by atoms with Crippen LogP contribution in [-0.4, -0.2) is 31.8 Å². The number of rotatable bonds is 6. The summed E-state index contributed by atoms with van der Waals surface area (Å²) in [4.78, 5) is 37.2. The van der Waals surface area contributed by atoms with E-state index in [0.717, 1.165) is 0 Å². The Hall–Kier alpha value is -12.3. The minimum Gasteiger partial charge on any atom is -0.354 e. The number of aromatic amines is 4. The average molecular weight is 1490 g/mol. The van der Waals surface area contributed by atoms with E-state index in [-0.39, 0.29) is 24.3 Å². The van der Waals surface area contributed by atoms with Crippen molar-refractivity contribution in [1.29, 1.82) is 0 Å². The maximum atomic E-state index is 16.5. The zero-order valence-electron chi connectivity index (χ0n) is 48.9. The molecule has 10 aromatic rings. The standard InChI is InChI=1S/C66H16F30N6O2/c67-35-29(36(68)48(80)59(91)47(35)79)23-11-9-21(101-65(11)103)27(33-43(75)55(87)63(95)56(88)44(33)76)20-8-6-18(100-20)26(32-41(73)53(85)62(94)54(86)42(32)74)16-4-2-14(98-16)24(30-37(69)49(81)60(92)50(82)38(30)70)12-10-22(102-66(12)104)28(34-45(77)57(89)64(96)58(90)46(34)78)19-7-5-17(99-19)25(15-3-1-13(23)97-15)31-39(71)51(83)61(93)52(84)40(31)72/h1-10,97-100H,(H,101,103)(H,102,104). The van der Waals surface area contributed by atoms with Crippen molar-refractivity contribution in [3.63, 3.8) is 0 Å². The number of hydrogen-bond acceptors (Lipinski definition) is 2. The van der Waals surface area contributed by atoms with Crippen LogP contribution in [0.2, 0.25) is 0 Å². The smallest absolute Gasteiger partial charge is 0.256 e. The fourth-order valence-corrected chi connectivity index (χ4v) is 11.7. The highest BCUT2D eigenvalue weighted by Gasteiger charge is 2.42. The number of halogens is 30. The second-order valence-electron chi connectivity index (χ2n) is 21.9. The normalized spacial score (nSPS) is 14.2. The average Bonchev–Trinajstić information content (AvgIpc) is 1.55. The first-order valence-electron chi connectivity index (χ1n) is 27.9. The molecule has 0 saturated heterocycles. The zero-order valence-corrected chi connectivity index (χ0v) is 48.9. The van der Waals surface area contributed by atoms with Crippen molar-refractivity contribution in [3.05, 3.63) is 335 Å². The number of amides is 2. The van der Waals surface area contributed by atoms with E-state index in [1.807, 2.05) is 19.9 Å². The monoisotopic (exact) mass is 1490 g/mol. The summed E-state index contributed by atoms with van der Waals surface area (Å²) in [6.45, 7) is 0. The third-order valence-electron chi connectivity index (χ3n) is 16.3. The first-order chi connectivity index (χ1) is 48.9. The summed E-state index contributed by atoms with van der Waals surface area (Å²) < 4.78 is 474. The van der Waals surface area contributed by atoms with Gasteiger partial charge in [0.25, 0.3) is 11.8 Å². The largest absolute Gasteiger partial charge is 0.354 e. The van der Waals surface area contributed by atoms with Crippen molar-refractivity contribution in [2.45, 2.75) is 0 Å². The number of aromatic nitrogens is 4. The van der Waals surface area contributed by atoms with Crippen LogP contribution in [0.25, 0.3) is 33.4 Å². The van der Waals surface area contributed by atoms with E-state index in [2.05, 4.69) is 0 Å². The van der Waals surface area contributed by atoms with Crippen molar-refractivity contribution in [2.24, 2.45) is 0 Å². The Bertz CT molecular complexity index is 5570. The van der Waals surface area contributed by atoms with Gasteiger partial charge < -0.3 is 30.6 Å². The second-order valence-corrected chi connectivity index (χ2v) is 21.9. The Labute approximate surface area is 551 Å². The predicted molar refractivity (Wildman–Crippen MR) is 292 cm³/mol. The summed E-state index contributed by atoms with van der Waals surface area (Å²) in [5.41, 5.74) is -36.2. The number of allylic oxidation sites excluding steroid dienone is 2. The number of hydrogen-bond donors (Lipinski definition) is 6. The fraction of sp³-hybridized carbons (Fsp3) is 0. The number of H-pyrrole nitrogens is 4. The Kier molecular flexibility index (Phi) is 16.7. The summed E-state index contributed by atoms with van der Waals surface area (Å²) in [5, 5.41) is -2.20. The third-order valence-corrected chi connectivity index (χ3v) is 16.3. The fourth-order valence-electron chi connectivity index (χ4n) is 11.7. The van der Waals surface area contributed by atoms with Crippen LogP contribution in [0.1, 0.15) is 56.2 Å². The van der Waals surface area contributed by atoms with E-state index >= 15 is 105 Å². The maximum Gasteiger partial charge on any atom is 0.256 e. The molecule has 0 spiro atoms. The lowest BCUT2D eigenvalue weighted by molar-refractivity contribution is -0.116. The highest BCUT2D eigenvalue weighted by atomic mass is 19.2. The van der Waals surface area contributed by atoms with E-state index in [1.165, 1.54) is 0 Å². The molecule has 12 bridgehead atoms. The van der Waals surface area contributed by atoms with Crippen molar-refractivity contribution >= 4 is 45.3 Å². The highest BCUT2D eigenvalue weighted by Crippen LogP contribution is 2.44. The SMILES string of the molecule is O=C1NC2=C(c3c(F)c(F)c(F)c(F)c3F)c3ccc([nH]3)C(c3c(F)c(F)c(F)c(F)c3F)=c3ccc([nH]3)=C(c3c(F)c(F)c(F)c(F)c3F)C3=CC(=C(c4c(F)c(F)c(F)c(F)c4F)c4ccc([nH]4)C(c4c(F)c(F)c(F)c(F)c4F)=c4ccc([nH]4)=C(c4c(F)c(F)c(F)c(F)c4F)C1=C2)NC3=O. The van der Waals surface area contributed by atoms with E-state index < -0.39 is 320 Å². The van der Waals surface area contributed by atoms with Crippen LogP contribution >= 0.6 is 0 Å². The third kappa shape index (κ3) is 10.2. The van der Waals surface area contributed by atoms with Gasteiger partial charge in [-0.3, -0.25) is 9.59 Å². The lowest BCUT2D eigenvalue weighted by Gasteiger charge is -2.15. The number of carbonyl (C=O) groups is 2. The van der Waals surface area contributed by atoms with Crippen LogP contribution in [0.5, 0.6) is 0 Å². The Morgan fingerprint density at radius 1 is 0.183 bits per heavy atom. The van der Waals surface area contributed by atoms with Crippen LogP contribution in [0, 0.1) is 175 Å². The van der Waals surface area contributed by atoms with E-state index in [4.69, 9.17) is 0 Å². The van der Waals surface area contributed by atoms with Crippen LogP contribution in [0.15, 0.2) is 83.2 Å². The molecule has 0 atom stereocenters. The number of benzene rings is 6. The molecule has 4 aromatic heterocycles. The van der Waals surface area contributed by atoms with Gasteiger partial charge in [-0.05, 0) is 60.7 Å². The van der Waals surface area contributed by atoms with Gasteiger partial charge in [-0.2, -0.15) is 0 Å². The molecule has 38 heteroatoms. The van der Waals surface area contributed by atoms with Crippen molar-refractivity contribution in [1.82, 2.24) is 30.6 Å². The van der Waals surface area contributed by atoms with E-state index in [9.17, 15) is 35.9 Å². The molecule has 0 radical (unpaired) electrons. The quantitative estimate of drug-likeness (QED) is 0.0565. The van der Waals surface area contributed by atoms with Gasteiger partial charge in [0.1, 0.15) is 0 Å². The molecule has 13 rings (SSSR count). The molecular formula is C66H16F30N6O2. The Morgan fingerprint density at radius 3 is 0.558 bits per heavy atom. The molecule has 0 unspecified atom stereocenters. The van der Waals surface area contributed by atoms with Gasteiger partial charge in [0.05, 0.1) is 55.9 Å². The van der Waals surface area contributed by atoms with Gasteiger partial charge in [0.2, 0.25) is 34.9 Å². The Balaban J connectivity index is 1.30. The van der Waals surface area contributed by atoms with Gasteiger partial charge in [-0.15, -0.1) is 0 Å². The molecule has 0 saturated carbocycles. The van der Waals surface area contributed by atoms with E-state index in [1.54, 1.807) is 10.6 Å². The number of nitrogens with one attached hydrogen (secondary N) is 6. The molecule has 8 nitrogen and oxygen atoms in total. The molecule has 6 aromatic carbocycles. The zero-order chi connectivity index (χ0) is 75.6. The van der Waals surface area contributed by atoms with E-state index in [0.29, 0.717) is 36.4 Å². The minimum absolute atomic E-state index is 0.00391. The lowest BCUT2D eigenvalue weighted by atomic mass is 9.94. The molecular weight excluding hydrogens is 1480 g/mol. The topological polar surface area (TPSA) is 121 Å². The molecule has 7 heterocycles. The first-order valence-corrected chi connectivity index (χ1v) is 27.9. The summed E-state index contributed by atoms with van der Waals surface area (Å²) in [6.07, 6.45) is 0.00782. The van der Waals surface area contributed by atoms with Gasteiger partial charge in [-0.1, -0.05) is 0 Å². The van der Waals surface area contributed by atoms with Crippen LogP contribution < -0.4 is 32.0 Å². The van der Waals surface area contributed by atoms with Gasteiger partial charge in [-0.25, -0.2) is 132 Å². The summed E-state index contributed by atoms with van der Waals surface area (Å²) in [5.74, 6) is -92.5. The predicted octanol–water partition coefficient (Wildman–Crippen LogP) is 13.4. The highest BCUT2D eigenvalue weighted by molar-refractivity contribution is 6.15.